The summed E-state index contributed by atoms with van der Waals surface area (Å²) in [5.74, 6) is 0.449. The lowest BCUT2D eigenvalue weighted by molar-refractivity contribution is -0.114. The van der Waals surface area contributed by atoms with Crippen LogP contribution in [0.15, 0.2) is 34.7 Å². The fraction of sp³-hybridized carbons (Fsp3) is 0.133. The van der Waals surface area contributed by atoms with Gasteiger partial charge in [0.1, 0.15) is 5.76 Å². The molecule has 0 fully saturated rings. The van der Waals surface area contributed by atoms with E-state index in [1.165, 1.54) is 18.3 Å². The number of thiazole rings is 1. The van der Waals surface area contributed by atoms with Gasteiger partial charge >= 0.3 is 0 Å². The Bertz CT molecular complexity index is 866. The third kappa shape index (κ3) is 2.99. The van der Waals surface area contributed by atoms with E-state index in [0.717, 1.165) is 10.2 Å². The van der Waals surface area contributed by atoms with Gasteiger partial charge in [-0.05, 0) is 37.3 Å². The summed E-state index contributed by atoms with van der Waals surface area (Å²) in [6.45, 7) is 3.23. The molecule has 3 rings (SSSR count). The number of anilines is 2. The Morgan fingerprint density at radius 1 is 1.18 bits per heavy atom. The zero-order valence-corrected chi connectivity index (χ0v) is 12.8. The van der Waals surface area contributed by atoms with Crippen molar-refractivity contribution >= 4 is 44.2 Å². The zero-order valence-electron chi connectivity index (χ0n) is 12.0. The molecule has 22 heavy (non-hydrogen) atoms. The number of fused-ring (bicyclic) bond motifs is 1. The standard InChI is InChI=1S/C15H13N3O3S/c1-8-3-6-12(21-8)14(20)18-15-17-11-5-4-10(16-9(2)19)7-13(11)22-15/h3-7H,1-2H3,(H,16,19)(H,17,18,20). The number of hydrogen-bond donors (Lipinski definition) is 2. The summed E-state index contributed by atoms with van der Waals surface area (Å²) in [6.07, 6.45) is 0. The largest absolute Gasteiger partial charge is 0.456 e. The first-order valence-corrected chi connectivity index (χ1v) is 7.39. The van der Waals surface area contributed by atoms with Gasteiger partial charge in [-0.1, -0.05) is 11.3 Å². The minimum Gasteiger partial charge on any atom is -0.456 e. The molecule has 3 aromatic rings. The molecular formula is C15H13N3O3S. The van der Waals surface area contributed by atoms with Gasteiger partial charge in [-0.3, -0.25) is 14.9 Å². The van der Waals surface area contributed by atoms with Crippen molar-refractivity contribution in [1.29, 1.82) is 0 Å². The van der Waals surface area contributed by atoms with E-state index in [-0.39, 0.29) is 17.6 Å². The molecule has 2 amide bonds. The fourth-order valence-corrected chi connectivity index (χ4v) is 2.87. The monoisotopic (exact) mass is 315 g/mol. The first-order valence-electron chi connectivity index (χ1n) is 6.57. The van der Waals surface area contributed by atoms with Crippen LogP contribution >= 0.6 is 11.3 Å². The van der Waals surface area contributed by atoms with Crippen LogP contribution in [-0.2, 0) is 4.79 Å². The molecule has 2 N–H and O–H groups in total. The van der Waals surface area contributed by atoms with Gasteiger partial charge in [-0.25, -0.2) is 4.98 Å². The molecule has 0 aliphatic rings. The Labute approximate surface area is 130 Å². The molecule has 0 bridgehead atoms. The average Bonchev–Trinajstić information content (AvgIpc) is 3.03. The van der Waals surface area contributed by atoms with Gasteiger partial charge in [0.25, 0.3) is 5.91 Å². The fourth-order valence-electron chi connectivity index (χ4n) is 1.97. The maximum absolute atomic E-state index is 12.0. The molecular weight excluding hydrogens is 302 g/mol. The number of amides is 2. The SMILES string of the molecule is CC(=O)Nc1ccc2nc(NC(=O)c3ccc(C)o3)sc2c1. The predicted molar refractivity (Wildman–Crippen MR) is 85.3 cm³/mol. The smallest absolute Gasteiger partial charge is 0.293 e. The van der Waals surface area contributed by atoms with E-state index in [2.05, 4.69) is 15.6 Å². The van der Waals surface area contributed by atoms with E-state index >= 15 is 0 Å². The third-order valence-corrected chi connectivity index (χ3v) is 3.83. The van der Waals surface area contributed by atoms with Gasteiger partial charge in [0, 0.05) is 12.6 Å². The molecule has 0 atom stereocenters. The Kier molecular flexibility index (Phi) is 3.64. The molecule has 2 heterocycles. The quantitative estimate of drug-likeness (QED) is 0.775. The van der Waals surface area contributed by atoms with Crippen molar-refractivity contribution in [2.45, 2.75) is 13.8 Å². The molecule has 0 spiro atoms. The molecule has 0 saturated heterocycles. The van der Waals surface area contributed by atoms with Crippen LogP contribution < -0.4 is 10.6 Å². The molecule has 6 nitrogen and oxygen atoms in total. The van der Waals surface area contributed by atoms with Crippen molar-refractivity contribution in [3.05, 3.63) is 41.9 Å². The second-order valence-corrected chi connectivity index (χ2v) is 5.78. The molecule has 0 aliphatic heterocycles. The number of rotatable bonds is 3. The molecule has 7 heteroatoms. The first kappa shape index (κ1) is 14.3. The normalized spacial score (nSPS) is 10.6. The Morgan fingerprint density at radius 3 is 2.68 bits per heavy atom. The molecule has 0 unspecified atom stereocenters. The van der Waals surface area contributed by atoms with E-state index in [4.69, 9.17) is 4.42 Å². The van der Waals surface area contributed by atoms with Gasteiger partial charge in [-0.2, -0.15) is 0 Å². The summed E-state index contributed by atoms with van der Waals surface area (Å²) in [5, 5.41) is 5.90. The first-order chi connectivity index (χ1) is 10.5. The van der Waals surface area contributed by atoms with Gasteiger partial charge in [0.05, 0.1) is 10.2 Å². The van der Waals surface area contributed by atoms with E-state index in [9.17, 15) is 9.59 Å². The van der Waals surface area contributed by atoms with Crippen LogP contribution in [0.25, 0.3) is 10.2 Å². The van der Waals surface area contributed by atoms with Gasteiger partial charge in [0.15, 0.2) is 10.9 Å². The van der Waals surface area contributed by atoms with Crippen LogP contribution in [-0.4, -0.2) is 16.8 Å². The summed E-state index contributed by atoms with van der Waals surface area (Å²) < 4.78 is 6.14. The number of aromatic nitrogens is 1. The summed E-state index contributed by atoms with van der Waals surface area (Å²) in [6, 6.07) is 8.73. The lowest BCUT2D eigenvalue weighted by Crippen LogP contribution is -2.10. The molecule has 112 valence electrons. The van der Waals surface area contributed by atoms with E-state index in [1.54, 1.807) is 31.2 Å². The summed E-state index contributed by atoms with van der Waals surface area (Å²) >= 11 is 1.33. The van der Waals surface area contributed by atoms with E-state index in [0.29, 0.717) is 16.6 Å². The van der Waals surface area contributed by atoms with Crippen LogP contribution in [0.5, 0.6) is 0 Å². The summed E-state index contributed by atoms with van der Waals surface area (Å²) in [5.41, 5.74) is 1.45. The lowest BCUT2D eigenvalue weighted by atomic mass is 10.3. The Balaban J connectivity index is 1.82. The Hall–Kier alpha value is -2.67. The van der Waals surface area contributed by atoms with Crippen molar-refractivity contribution in [1.82, 2.24) is 4.98 Å². The minimum absolute atomic E-state index is 0.134. The predicted octanol–water partition coefficient (Wildman–Crippen LogP) is 3.41. The van der Waals surface area contributed by atoms with Gasteiger partial charge < -0.3 is 9.73 Å². The highest BCUT2D eigenvalue weighted by Gasteiger charge is 2.13. The highest BCUT2D eigenvalue weighted by molar-refractivity contribution is 7.22. The molecule has 0 saturated carbocycles. The molecule has 0 radical (unpaired) electrons. The zero-order chi connectivity index (χ0) is 15.7. The highest BCUT2D eigenvalue weighted by Crippen LogP contribution is 2.28. The van der Waals surface area contributed by atoms with E-state index < -0.39 is 0 Å². The van der Waals surface area contributed by atoms with Crippen LogP contribution in [0.3, 0.4) is 0 Å². The third-order valence-electron chi connectivity index (χ3n) is 2.89. The van der Waals surface area contributed by atoms with Gasteiger partial charge in [0.2, 0.25) is 5.91 Å². The summed E-state index contributed by atoms with van der Waals surface area (Å²) in [7, 11) is 0. The summed E-state index contributed by atoms with van der Waals surface area (Å²) in [4.78, 5) is 27.4. The van der Waals surface area contributed by atoms with Crippen molar-refractivity contribution in [3.63, 3.8) is 0 Å². The van der Waals surface area contributed by atoms with Crippen molar-refractivity contribution in [2.75, 3.05) is 10.6 Å². The number of nitrogens with zero attached hydrogens (tertiary/aromatic N) is 1. The van der Waals surface area contributed by atoms with Crippen molar-refractivity contribution in [2.24, 2.45) is 0 Å². The van der Waals surface area contributed by atoms with Crippen LogP contribution in [0.1, 0.15) is 23.2 Å². The topological polar surface area (TPSA) is 84.2 Å². The van der Waals surface area contributed by atoms with E-state index in [1.807, 2.05) is 6.07 Å². The number of carbonyl (C=O) groups excluding carboxylic acids is 2. The van der Waals surface area contributed by atoms with Crippen molar-refractivity contribution in [3.8, 4) is 0 Å². The number of benzene rings is 1. The molecule has 0 aliphatic carbocycles. The van der Waals surface area contributed by atoms with Gasteiger partial charge in [-0.15, -0.1) is 0 Å². The average molecular weight is 315 g/mol. The maximum Gasteiger partial charge on any atom is 0.293 e. The number of aryl methyl sites for hydroxylation is 1. The maximum atomic E-state index is 12.0. The number of carbonyl (C=O) groups is 2. The van der Waals surface area contributed by atoms with Crippen LogP contribution in [0, 0.1) is 6.92 Å². The molecule has 2 aromatic heterocycles. The van der Waals surface area contributed by atoms with Crippen LogP contribution in [0.4, 0.5) is 10.8 Å². The lowest BCUT2D eigenvalue weighted by Gasteiger charge is -1.99. The number of furan rings is 1. The number of nitrogens with one attached hydrogen (secondary N) is 2. The second-order valence-electron chi connectivity index (χ2n) is 4.75. The number of hydrogen-bond acceptors (Lipinski definition) is 5. The van der Waals surface area contributed by atoms with Crippen LogP contribution in [0.2, 0.25) is 0 Å². The minimum atomic E-state index is -0.339. The van der Waals surface area contributed by atoms with Crippen molar-refractivity contribution < 1.29 is 14.0 Å². The second kappa shape index (κ2) is 5.61. The highest BCUT2D eigenvalue weighted by atomic mass is 32.1. The molecule has 1 aromatic carbocycles. The Morgan fingerprint density at radius 2 is 2.00 bits per heavy atom.